The number of carbonyl (C=O) groups is 2. The van der Waals surface area contributed by atoms with E-state index in [2.05, 4.69) is 0 Å². The van der Waals surface area contributed by atoms with Crippen LogP contribution in [0.5, 0.6) is 5.75 Å². The maximum atomic E-state index is 12.8. The van der Waals surface area contributed by atoms with Crippen LogP contribution >= 0.6 is 11.6 Å². The molecule has 7 nitrogen and oxygen atoms in total. The van der Waals surface area contributed by atoms with E-state index in [1.807, 2.05) is 12.1 Å². The molecule has 166 valence electrons. The van der Waals surface area contributed by atoms with E-state index in [1.165, 1.54) is 16.4 Å². The van der Waals surface area contributed by atoms with Crippen molar-refractivity contribution in [2.45, 2.75) is 24.7 Å². The van der Waals surface area contributed by atoms with E-state index in [4.69, 9.17) is 16.3 Å². The Bertz CT molecular complexity index is 1030. The topological polar surface area (TPSA) is 84.0 Å². The second kappa shape index (κ2) is 10.3. The zero-order valence-electron chi connectivity index (χ0n) is 17.3. The second-order valence-electron chi connectivity index (χ2n) is 7.38. The summed E-state index contributed by atoms with van der Waals surface area (Å²) in [4.78, 5) is 25.3. The number of Topliss-reactive ketones (excluding diaryl/α,β-unsaturated/α-hetero) is 1. The number of benzene rings is 2. The van der Waals surface area contributed by atoms with Crippen LogP contribution in [0.2, 0.25) is 5.02 Å². The summed E-state index contributed by atoms with van der Waals surface area (Å²) >= 11 is 5.91. The highest BCUT2D eigenvalue weighted by Gasteiger charge is 2.30. The molecule has 2 aromatic rings. The molecule has 1 aliphatic heterocycles. The number of ketones is 1. The van der Waals surface area contributed by atoms with Gasteiger partial charge in [0.1, 0.15) is 11.5 Å². The summed E-state index contributed by atoms with van der Waals surface area (Å²) in [5.74, 6) is 0.522. The summed E-state index contributed by atoms with van der Waals surface area (Å²) in [7, 11) is -3.64. The summed E-state index contributed by atoms with van der Waals surface area (Å²) in [5.41, 5.74) is 1.03. The first-order valence-corrected chi connectivity index (χ1v) is 11.8. The van der Waals surface area contributed by atoms with E-state index in [-0.39, 0.29) is 36.3 Å². The summed E-state index contributed by atoms with van der Waals surface area (Å²) in [6, 6.07) is 13.5. The van der Waals surface area contributed by atoms with Crippen molar-refractivity contribution in [3.05, 3.63) is 59.1 Å². The van der Waals surface area contributed by atoms with Crippen molar-refractivity contribution in [3.8, 4) is 5.75 Å². The predicted octanol–water partition coefficient (Wildman–Crippen LogP) is 2.77. The van der Waals surface area contributed by atoms with Gasteiger partial charge < -0.3 is 14.4 Å². The molecule has 0 saturated carbocycles. The number of nitrogens with zero attached hydrogens (tertiary/aromatic N) is 2. The average molecular weight is 465 g/mol. The number of piperazine rings is 1. The molecule has 0 spiro atoms. The third-order valence-corrected chi connectivity index (χ3v) is 7.21. The minimum atomic E-state index is -3.64. The molecule has 1 fully saturated rings. The van der Waals surface area contributed by atoms with Gasteiger partial charge in [0.25, 0.3) is 5.91 Å². The highest BCUT2D eigenvalue weighted by atomic mass is 35.5. The lowest BCUT2D eigenvalue weighted by molar-refractivity contribution is -0.134. The SMILES string of the molecule is CC(=O)CCc1ccc(OCC(=O)N2CCN(S(=O)(=O)c3cccc(Cl)c3)CC2)cc1. The van der Waals surface area contributed by atoms with Crippen LogP contribution in [-0.4, -0.2) is 62.1 Å². The molecule has 1 amide bonds. The van der Waals surface area contributed by atoms with E-state index >= 15 is 0 Å². The van der Waals surface area contributed by atoms with Crippen LogP contribution < -0.4 is 4.74 Å². The van der Waals surface area contributed by atoms with Gasteiger partial charge in [-0.15, -0.1) is 0 Å². The van der Waals surface area contributed by atoms with E-state index in [9.17, 15) is 18.0 Å². The second-order valence-corrected chi connectivity index (χ2v) is 9.75. The number of hydrogen-bond acceptors (Lipinski definition) is 5. The zero-order valence-corrected chi connectivity index (χ0v) is 18.9. The summed E-state index contributed by atoms with van der Waals surface area (Å²) in [6.07, 6.45) is 1.18. The Labute approximate surface area is 187 Å². The number of carbonyl (C=O) groups excluding carboxylic acids is 2. The summed E-state index contributed by atoms with van der Waals surface area (Å²) < 4.78 is 32.5. The molecule has 31 heavy (non-hydrogen) atoms. The van der Waals surface area contributed by atoms with Crippen LogP contribution in [0.25, 0.3) is 0 Å². The molecule has 2 aromatic carbocycles. The van der Waals surface area contributed by atoms with Crippen molar-refractivity contribution in [2.75, 3.05) is 32.8 Å². The molecule has 1 aliphatic rings. The van der Waals surface area contributed by atoms with Crippen LogP contribution in [0.15, 0.2) is 53.4 Å². The van der Waals surface area contributed by atoms with Crippen molar-refractivity contribution in [3.63, 3.8) is 0 Å². The molecular weight excluding hydrogens is 440 g/mol. The van der Waals surface area contributed by atoms with Crippen molar-refractivity contribution in [2.24, 2.45) is 0 Å². The van der Waals surface area contributed by atoms with Gasteiger partial charge in [-0.05, 0) is 49.2 Å². The van der Waals surface area contributed by atoms with Gasteiger partial charge in [-0.3, -0.25) is 4.79 Å². The molecule has 0 aromatic heterocycles. The lowest BCUT2D eigenvalue weighted by Crippen LogP contribution is -2.51. The van der Waals surface area contributed by atoms with Gasteiger partial charge in [0.15, 0.2) is 6.61 Å². The number of amides is 1. The van der Waals surface area contributed by atoms with Gasteiger partial charge in [0, 0.05) is 37.6 Å². The quantitative estimate of drug-likeness (QED) is 0.599. The summed E-state index contributed by atoms with van der Waals surface area (Å²) in [5, 5.41) is 0.360. The molecule has 0 bridgehead atoms. The van der Waals surface area contributed by atoms with Crippen molar-refractivity contribution >= 4 is 33.3 Å². The minimum absolute atomic E-state index is 0.117. The first kappa shape index (κ1) is 23.2. The van der Waals surface area contributed by atoms with E-state index in [0.29, 0.717) is 36.7 Å². The Kier molecular flexibility index (Phi) is 7.69. The fourth-order valence-electron chi connectivity index (χ4n) is 3.26. The highest BCUT2D eigenvalue weighted by molar-refractivity contribution is 7.89. The van der Waals surface area contributed by atoms with Crippen LogP contribution in [0, 0.1) is 0 Å². The molecule has 0 unspecified atom stereocenters. The van der Waals surface area contributed by atoms with Gasteiger partial charge in [-0.25, -0.2) is 8.42 Å². The lowest BCUT2D eigenvalue weighted by Gasteiger charge is -2.34. The smallest absolute Gasteiger partial charge is 0.260 e. The normalized spacial score (nSPS) is 15.0. The zero-order chi connectivity index (χ0) is 22.4. The minimum Gasteiger partial charge on any atom is -0.484 e. The van der Waals surface area contributed by atoms with E-state index in [1.54, 1.807) is 36.1 Å². The van der Waals surface area contributed by atoms with Gasteiger partial charge in [-0.1, -0.05) is 29.8 Å². The van der Waals surface area contributed by atoms with Crippen molar-refractivity contribution in [1.82, 2.24) is 9.21 Å². The first-order valence-electron chi connectivity index (χ1n) is 10.0. The number of ether oxygens (including phenoxy) is 1. The average Bonchev–Trinajstić information content (AvgIpc) is 2.77. The summed E-state index contributed by atoms with van der Waals surface area (Å²) in [6.45, 7) is 2.47. The Morgan fingerprint density at radius 1 is 1.03 bits per heavy atom. The molecule has 3 rings (SSSR count). The van der Waals surface area contributed by atoms with Crippen molar-refractivity contribution in [1.29, 1.82) is 0 Å². The third kappa shape index (κ3) is 6.29. The molecule has 0 N–H and O–H groups in total. The Hall–Kier alpha value is -2.42. The standard InChI is InChI=1S/C22H25ClN2O5S/c1-17(26)5-6-18-7-9-20(10-8-18)30-16-22(27)24-11-13-25(14-12-24)31(28,29)21-4-2-3-19(23)15-21/h2-4,7-10,15H,5-6,11-14,16H2,1H3. The van der Waals surface area contributed by atoms with Crippen LogP contribution in [-0.2, 0) is 26.0 Å². The fraction of sp³-hybridized carbons (Fsp3) is 0.364. The first-order chi connectivity index (χ1) is 14.8. The Morgan fingerprint density at radius 3 is 2.32 bits per heavy atom. The van der Waals surface area contributed by atoms with Gasteiger partial charge in [-0.2, -0.15) is 4.31 Å². The number of halogens is 1. The number of rotatable bonds is 8. The molecule has 0 radical (unpaired) electrons. The van der Waals surface area contributed by atoms with Crippen LogP contribution in [0.3, 0.4) is 0 Å². The van der Waals surface area contributed by atoms with Gasteiger partial charge in [0.2, 0.25) is 10.0 Å². The monoisotopic (exact) mass is 464 g/mol. The largest absolute Gasteiger partial charge is 0.484 e. The highest BCUT2D eigenvalue weighted by Crippen LogP contribution is 2.21. The molecule has 0 aliphatic carbocycles. The van der Waals surface area contributed by atoms with Crippen molar-refractivity contribution < 1.29 is 22.7 Å². The third-order valence-electron chi connectivity index (χ3n) is 5.08. The Morgan fingerprint density at radius 2 is 1.71 bits per heavy atom. The Balaban J connectivity index is 1.48. The maximum Gasteiger partial charge on any atom is 0.260 e. The van der Waals surface area contributed by atoms with Gasteiger partial charge >= 0.3 is 0 Å². The number of sulfonamides is 1. The number of hydrogen-bond donors (Lipinski definition) is 0. The van der Waals surface area contributed by atoms with Crippen LogP contribution in [0.1, 0.15) is 18.9 Å². The molecule has 9 heteroatoms. The lowest BCUT2D eigenvalue weighted by atomic mass is 10.1. The van der Waals surface area contributed by atoms with E-state index in [0.717, 1.165) is 5.56 Å². The maximum absolute atomic E-state index is 12.8. The molecular formula is C22H25ClN2O5S. The molecule has 0 atom stereocenters. The van der Waals surface area contributed by atoms with Gasteiger partial charge in [0.05, 0.1) is 4.90 Å². The molecule has 1 heterocycles. The van der Waals surface area contributed by atoms with Crippen LogP contribution in [0.4, 0.5) is 0 Å². The fourth-order valence-corrected chi connectivity index (χ4v) is 4.99. The molecule has 1 saturated heterocycles. The number of aryl methyl sites for hydroxylation is 1. The predicted molar refractivity (Wildman–Crippen MR) is 118 cm³/mol. The van der Waals surface area contributed by atoms with E-state index < -0.39 is 10.0 Å².